The second kappa shape index (κ2) is 12.7. The molecule has 0 aliphatic carbocycles. The van der Waals surface area contributed by atoms with Crippen molar-refractivity contribution in [3.8, 4) is 11.8 Å². The maximum atomic E-state index is 12.0. The van der Waals surface area contributed by atoms with Crippen molar-refractivity contribution in [1.82, 2.24) is 5.32 Å². The van der Waals surface area contributed by atoms with Gasteiger partial charge in [0.05, 0.1) is 19.2 Å². The quantitative estimate of drug-likeness (QED) is 0.406. The van der Waals surface area contributed by atoms with E-state index in [2.05, 4.69) is 21.9 Å². The number of nitrogens with one attached hydrogen (secondary N) is 1. The van der Waals surface area contributed by atoms with Gasteiger partial charge in [0.15, 0.2) is 0 Å². The SMILES string of the molecule is COC(=O)c1ccc(C(=O)NCCCN)cc1C#CCN.Cl.Cl. The maximum absolute atomic E-state index is 12.0. The molecule has 1 amide bonds. The summed E-state index contributed by atoms with van der Waals surface area (Å²) in [6.07, 6.45) is 0.700. The number of halogens is 2. The molecule has 0 saturated carbocycles. The highest BCUT2D eigenvalue weighted by Crippen LogP contribution is 2.13. The first-order valence-corrected chi connectivity index (χ1v) is 6.53. The zero-order chi connectivity index (χ0) is 15.7. The largest absolute Gasteiger partial charge is 0.465 e. The van der Waals surface area contributed by atoms with E-state index in [0.717, 1.165) is 0 Å². The molecular formula is C15H21Cl2N3O3. The zero-order valence-corrected chi connectivity index (χ0v) is 14.4. The fraction of sp³-hybridized carbons (Fsp3) is 0.333. The van der Waals surface area contributed by atoms with Gasteiger partial charge in [0.25, 0.3) is 5.91 Å². The van der Waals surface area contributed by atoms with Crippen molar-refractivity contribution in [2.24, 2.45) is 11.5 Å². The number of hydrogen-bond donors (Lipinski definition) is 3. The molecule has 0 radical (unpaired) electrons. The van der Waals surface area contributed by atoms with Gasteiger partial charge in [0, 0.05) is 17.7 Å². The van der Waals surface area contributed by atoms with E-state index in [1.54, 1.807) is 12.1 Å². The van der Waals surface area contributed by atoms with Crippen LogP contribution in [0.5, 0.6) is 0 Å². The van der Waals surface area contributed by atoms with E-state index in [9.17, 15) is 9.59 Å². The normalized spacial score (nSPS) is 8.65. The van der Waals surface area contributed by atoms with Gasteiger partial charge in [-0.3, -0.25) is 4.79 Å². The van der Waals surface area contributed by atoms with Crippen LogP contribution in [0.4, 0.5) is 0 Å². The third-order valence-corrected chi connectivity index (χ3v) is 2.68. The molecular weight excluding hydrogens is 341 g/mol. The molecule has 0 aliphatic heterocycles. The first-order valence-electron chi connectivity index (χ1n) is 6.53. The molecule has 8 heteroatoms. The summed E-state index contributed by atoms with van der Waals surface area (Å²) in [6, 6.07) is 4.62. The Balaban J connectivity index is 0. The third-order valence-electron chi connectivity index (χ3n) is 2.68. The van der Waals surface area contributed by atoms with Gasteiger partial charge in [-0.25, -0.2) is 4.79 Å². The van der Waals surface area contributed by atoms with Crippen molar-refractivity contribution in [3.63, 3.8) is 0 Å². The smallest absolute Gasteiger partial charge is 0.339 e. The predicted octanol–water partition coefficient (Wildman–Crippen LogP) is 0.706. The van der Waals surface area contributed by atoms with Crippen LogP contribution in [-0.2, 0) is 4.74 Å². The number of rotatable bonds is 5. The molecule has 0 atom stereocenters. The van der Waals surface area contributed by atoms with Crippen LogP contribution in [-0.4, -0.2) is 38.6 Å². The van der Waals surface area contributed by atoms with E-state index in [0.29, 0.717) is 36.2 Å². The molecule has 0 fully saturated rings. The number of carbonyl (C=O) groups is 2. The molecule has 1 rings (SSSR count). The molecule has 23 heavy (non-hydrogen) atoms. The van der Waals surface area contributed by atoms with E-state index in [1.165, 1.54) is 13.2 Å². The Morgan fingerprint density at radius 2 is 1.96 bits per heavy atom. The minimum Gasteiger partial charge on any atom is -0.465 e. The van der Waals surface area contributed by atoms with Crippen LogP contribution in [0.2, 0.25) is 0 Å². The number of benzene rings is 1. The highest BCUT2D eigenvalue weighted by atomic mass is 35.5. The molecule has 0 spiro atoms. The summed E-state index contributed by atoms with van der Waals surface area (Å²) in [6.45, 7) is 1.17. The van der Waals surface area contributed by atoms with Gasteiger partial charge in [-0.15, -0.1) is 24.8 Å². The Morgan fingerprint density at radius 3 is 2.52 bits per heavy atom. The van der Waals surface area contributed by atoms with E-state index < -0.39 is 5.97 Å². The van der Waals surface area contributed by atoms with Crippen molar-refractivity contribution >= 4 is 36.7 Å². The van der Waals surface area contributed by atoms with Crippen LogP contribution in [0.25, 0.3) is 0 Å². The van der Waals surface area contributed by atoms with E-state index in [1.807, 2.05) is 0 Å². The molecule has 1 aromatic carbocycles. The Labute approximate surface area is 148 Å². The molecule has 0 bridgehead atoms. The number of ether oxygens (including phenoxy) is 1. The average Bonchev–Trinajstić information content (AvgIpc) is 2.52. The van der Waals surface area contributed by atoms with Crippen molar-refractivity contribution in [2.75, 3.05) is 26.7 Å². The minimum absolute atomic E-state index is 0. The second-order valence-corrected chi connectivity index (χ2v) is 4.16. The number of amides is 1. The fourth-order valence-corrected chi connectivity index (χ4v) is 1.63. The summed E-state index contributed by atoms with van der Waals surface area (Å²) in [5.41, 5.74) is 11.8. The zero-order valence-electron chi connectivity index (χ0n) is 12.8. The summed E-state index contributed by atoms with van der Waals surface area (Å²) < 4.78 is 4.68. The van der Waals surface area contributed by atoms with Gasteiger partial charge in [-0.1, -0.05) is 11.8 Å². The predicted molar refractivity (Wildman–Crippen MR) is 94.2 cm³/mol. The van der Waals surface area contributed by atoms with Gasteiger partial charge in [0.2, 0.25) is 0 Å². The monoisotopic (exact) mass is 361 g/mol. The van der Waals surface area contributed by atoms with Gasteiger partial charge in [-0.2, -0.15) is 0 Å². The lowest BCUT2D eigenvalue weighted by Gasteiger charge is -2.07. The molecule has 0 aromatic heterocycles. The van der Waals surface area contributed by atoms with Crippen LogP contribution in [0.15, 0.2) is 18.2 Å². The second-order valence-electron chi connectivity index (χ2n) is 4.16. The summed E-state index contributed by atoms with van der Waals surface area (Å²) in [7, 11) is 1.29. The summed E-state index contributed by atoms with van der Waals surface area (Å²) in [4.78, 5) is 23.6. The molecule has 1 aromatic rings. The van der Waals surface area contributed by atoms with Crippen LogP contribution in [0.3, 0.4) is 0 Å². The van der Waals surface area contributed by atoms with E-state index in [-0.39, 0.29) is 37.3 Å². The lowest BCUT2D eigenvalue weighted by Crippen LogP contribution is -2.26. The fourth-order valence-electron chi connectivity index (χ4n) is 1.63. The molecule has 0 saturated heterocycles. The molecule has 0 unspecified atom stereocenters. The van der Waals surface area contributed by atoms with Gasteiger partial charge in [0.1, 0.15) is 0 Å². The first-order chi connectivity index (χ1) is 10.1. The van der Waals surface area contributed by atoms with Gasteiger partial charge < -0.3 is 21.5 Å². The van der Waals surface area contributed by atoms with E-state index in [4.69, 9.17) is 11.5 Å². The Kier molecular flexibility index (Phi) is 13.0. The number of carbonyl (C=O) groups excluding carboxylic acids is 2. The highest BCUT2D eigenvalue weighted by Gasteiger charge is 2.13. The standard InChI is InChI=1S/C15H19N3O3.2ClH/c1-21-15(20)13-6-5-12(10-11(13)4-2-7-16)14(19)18-9-3-8-17;;/h5-6,10H,3,7-9,16-17H2,1H3,(H,18,19);2*1H. The first kappa shape index (κ1) is 23.5. The Morgan fingerprint density at radius 1 is 1.26 bits per heavy atom. The average molecular weight is 362 g/mol. The Hall–Kier alpha value is -1.78. The van der Waals surface area contributed by atoms with Crippen molar-refractivity contribution < 1.29 is 14.3 Å². The number of nitrogens with two attached hydrogens (primary N) is 2. The Bertz CT molecular complexity index is 583. The molecule has 5 N–H and O–H groups in total. The van der Waals surface area contributed by atoms with Gasteiger partial charge in [-0.05, 0) is 31.2 Å². The van der Waals surface area contributed by atoms with Crippen LogP contribution < -0.4 is 16.8 Å². The summed E-state index contributed by atoms with van der Waals surface area (Å²) >= 11 is 0. The highest BCUT2D eigenvalue weighted by molar-refractivity contribution is 5.98. The summed E-state index contributed by atoms with van der Waals surface area (Å²) in [5.74, 6) is 4.69. The number of hydrogen-bond acceptors (Lipinski definition) is 5. The van der Waals surface area contributed by atoms with Crippen LogP contribution in [0.1, 0.15) is 32.7 Å². The topological polar surface area (TPSA) is 107 Å². The van der Waals surface area contributed by atoms with Crippen molar-refractivity contribution in [2.45, 2.75) is 6.42 Å². The molecule has 0 heterocycles. The van der Waals surface area contributed by atoms with Crippen LogP contribution >= 0.6 is 24.8 Å². The number of methoxy groups -OCH3 is 1. The van der Waals surface area contributed by atoms with Crippen molar-refractivity contribution in [3.05, 3.63) is 34.9 Å². The van der Waals surface area contributed by atoms with E-state index >= 15 is 0 Å². The summed E-state index contributed by atoms with van der Waals surface area (Å²) in [5, 5.41) is 2.74. The lowest BCUT2D eigenvalue weighted by atomic mass is 10.0. The third kappa shape index (κ3) is 7.35. The van der Waals surface area contributed by atoms with Gasteiger partial charge >= 0.3 is 5.97 Å². The minimum atomic E-state index is -0.508. The molecule has 128 valence electrons. The lowest BCUT2D eigenvalue weighted by molar-refractivity contribution is 0.0600. The molecule has 6 nitrogen and oxygen atoms in total. The molecule has 0 aliphatic rings. The van der Waals surface area contributed by atoms with Crippen LogP contribution in [0, 0.1) is 11.8 Å². The van der Waals surface area contributed by atoms with Crippen molar-refractivity contribution in [1.29, 1.82) is 0 Å². The maximum Gasteiger partial charge on any atom is 0.339 e. The number of esters is 1.